The molecule has 29 heavy (non-hydrogen) atoms. The minimum atomic E-state index is -0.0205. The van der Waals surface area contributed by atoms with E-state index >= 15 is 0 Å². The van der Waals surface area contributed by atoms with Gasteiger partial charge in [-0.2, -0.15) is 0 Å². The number of rotatable bonds is 5. The van der Waals surface area contributed by atoms with Gasteiger partial charge in [-0.15, -0.1) is 12.4 Å². The Kier molecular flexibility index (Phi) is 7.29. The second-order valence-corrected chi connectivity index (χ2v) is 7.64. The van der Waals surface area contributed by atoms with E-state index in [4.69, 9.17) is 4.74 Å². The number of ketones is 1. The van der Waals surface area contributed by atoms with Crippen LogP contribution in [0.1, 0.15) is 28.8 Å². The fraction of sp³-hybridized carbons (Fsp3) is 0.391. The van der Waals surface area contributed by atoms with Crippen LogP contribution in [0.25, 0.3) is 0 Å². The van der Waals surface area contributed by atoms with Gasteiger partial charge in [-0.05, 0) is 62.0 Å². The Balaban J connectivity index is 0.00000240. The lowest BCUT2D eigenvalue weighted by atomic mass is 9.92. The molecule has 0 aliphatic carbocycles. The van der Waals surface area contributed by atoms with E-state index in [1.165, 1.54) is 0 Å². The summed E-state index contributed by atoms with van der Waals surface area (Å²) in [4.78, 5) is 26.9. The SMILES string of the molecule is Cl.O=C(c1ccccc1)c1ccc(OCC(=O)N2CC[C@@H]3CNC[C@@H]3CC2)cc1. The number of nitrogens with one attached hydrogen (secondary N) is 1. The highest BCUT2D eigenvalue weighted by atomic mass is 35.5. The maximum absolute atomic E-state index is 12.5. The monoisotopic (exact) mass is 414 g/mol. The number of carbonyl (C=O) groups is 2. The van der Waals surface area contributed by atoms with E-state index < -0.39 is 0 Å². The summed E-state index contributed by atoms with van der Waals surface area (Å²) in [5, 5.41) is 3.45. The molecular weight excluding hydrogens is 388 g/mol. The van der Waals surface area contributed by atoms with Gasteiger partial charge in [0.05, 0.1) is 0 Å². The zero-order valence-electron chi connectivity index (χ0n) is 16.4. The Labute approximate surface area is 177 Å². The van der Waals surface area contributed by atoms with Crippen LogP contribution in [0.3, 0.4) is 0 Å². The van der Waals surface area contributed by atoms with Crippen molar-refractivity contribution in [2.45, 2.75) is 12.8 Å². The topological polar surface area (TPSA) is 58.6 Å². The molecule has 5 nitrogen and oxygen atoms in total. The van der Waals surface area contributed by atoms with E-state index in [-0.39, 0.29) is 30.7 Å². The van der Waals surface area contributed by atoms with Gasteiger partial charge < -0.3 is 15.0 Å². The third kappa shape index (κ3) is 5.17. The molecule has 4 rings (SSSR count). The summed E-state index contributed by atoms with van der Waals surface area (Å²) < 4.78 is 5.68. The van der Waals surface area contributed by atoms with Crippen LogP contribution in [0.4, 0.5) is 0 Å². The van der Waals surface area contributed by atoms with Crippen molar-refractivity contribution in [3.63, 3.8) is 0 Å². The van der Waals surface area contributed by atoms with Crippen LogP contribution in [0.15, 0.2) is 54.6 Å². The summed E-state index contributed by atoms with van der Waals surface area (Å²) in [5.41, 5.74) is 1.27. The number of fused-ring (bicyclic) bond motifs is 1. The molecule has 0 spiro atoms. The van der Waals surface area contributed by atoms with E-state index in [0.717, 1.165) is 39.0 Å². The maximum Gasteiger partial charge on any atom is 0.260 e. The smallest absolute Gasteiger partial charge is 0.260 e. The number of benzene rings is 2. The number of hydrogen-bond acceptors (Lipinski definition) is 4. The molecular formula is C23H27ClN2O3. The predicted octanol–water partition coefficient (Wildman–Crippen LogP) is 3.18. The third-order valence-corrected chi connectivity index (χ3v) is 5.89. The fourth-order valence-electron chi connectivity index (χ4n) is 4.16. The molecule has 2 aromatic rings. The molecule has 0 bridgehead atoms. The average molecular weight is 415 g/mol. The molecule has 2 aromatic carbocycles. The summed E-state index contributed by atoms with van der Waals surface area (Å²) in [6, 6.07) is 16.2. The number of halogens is 1. The standard InChI is InChI=1S/C23H26N2O3.ClH/c26-22(25-12-10-19-14-24-15-20(19)11-13-25)16-28-21-8-6-18(7-9-21)23(27)17-4-2-1-3-5-17;/h1-9,19-20,24H,10-16H2;1H/t19-,20+;. The minimum absolute atomic E-state index is 0. The molecule has 0 radical (unpaired) electrons. The van der Waals surface area contributed by atoms with Gasteiger partial charge in [0.1, 0.15) is 5.75 Å². The zero-order chi connectivity index (χ0) is 19.3. The van der Waals surface area contributed by atoms with Crippen LogP contribution in [-0.2, 0) is 4.79 Å². The Morgan fingerprint density at radius 3 is 2.10 bits per heavy atom. The Morgan fingerprint density at radius 1 is 0.897 bits per heavy atom. The van der Waals surface area contributed by atoms with Crippen molar-refractivity contribution in [1.82, 2.24) is 10.2 Å². The Morgan fingerprint density at radius 2 is 1.48 bits per heavy atom. The van der Waals surface area contributed by atoms with Crippen molar-refractivity contribution in [2.75, 3.05) is 32.8 Å². The van der Waals surface area contributed by atoms with E-state index in [0.29, 0.717) is 28.7 Å². The lowest BCUT2D eigenvalue weighted by Crippen LogP contribution is -2.36. The van der Waals surface area contributed by atoms with Crippen LogP contribution < -0.4 is 10.1 Å². The lowest BCUT2D eigenvalue weighted by molar-refractivity contribution is -0.133. The number of carbonyl (C=O) groups excluding carboxylic acids is 2. The number of amides is 1. The molecule has 1 amide bonds. The highest BCUT2D eigenvalue weighted by Gasteiger charge is 2.31. The van der Waals surface area contributed by atoms with Gasteiger partial charge in [0.2, 0.25) is 0 Å². The summed E-state index contributed by atoms with van der Waals surface area (Å²) >= 11 is 0. The lowest BCUT2D eigenvalue weighted by Gasteiger charge is -2.21. The van der Waals surface area contributed by atoms with E-state index in [1.54, 1.807) is 36.4 Å². The average Bonchev–Trinajstić information content (AvgIpc) is 3.10. The fourth-order valence-corrected chi connectivity index (χ4v) is 4.16. The van der Waals surface area contributed by atoms with E-state index in [1.807, 2.05) is 23.1 Å². The molecule has 2 heterocycles. The normalized spacial score (nSPS) is 20.9. The summed E-state index contributed by atoms with van der Waals surface area (Å²) in [5.74, 6) is 2.03. The van der Waals surface area contributed by atoms with Crippen LogP contribution in [0.5, 0.6) is 5.75 Å². The van der Waals surface area contributed by atoms with Crippen molar-refractivity contribution in [3.8, 4) is 5.75 Å². The van der Waals surface area contributed by atoms with Gasteiger partial charge in [-0.3, -0.25) is 9.59 Å². The number of likely N-dealkylation sites (tertiary alicyclic amines) is 1. The predicted molar refractivity (Wildman–Crippen MR) is 115 cm³/mol. The highest BCUT2D eigenvalue weighted by Crippen LogP contribution is 2.27. The molecule has 2 fully saturated rings. The van der Waals surface area contributed by atoms with Gasteiger partial charge in [0.25, 0.3) is 5.91 Å². The molecule has 1 N–H and O–H groups in total. The van der Waals surface area contributed by atoms with Crippen molar-refractivity contribution in [1.29, 1.82) is 0 Å². The van der Waals surface area contributed by atoms with Crippen molar-refractivity contribution >= 4 is 24.1 Å². The minimum Gasteiger partial charge on any atom is -0.484 e. The molecule has 2 aliphatic heterocycles. The Hall–Kier alpha value is -2.37. The largest absolute Gasteiger partial charge is 0.484 e. The summed E-state index contributed by atoms with van der Waals surface area (Å²) in [6.45, 7) is 3.83. The van der Waals surface area contributed by atoms with Crippen molar-refractivity contribution in [3.05, 3.63) is 65.7 Å². The molecule has 6 heteroatoms. The third-order valence-electron chi connectivity index (χ3n) is 5.89. The first-order valence-corrected chi connectivity index (χ1v) is 10.0. The second kappa shape index (κ2) is 9.90. The van der Waals surface area contributed by atoms with Gasteiger partial charge in [0, 0.05) is 24.2 Å². The van der Waals surface area contributed by atoms with Gasteiger partial charge in [-0.25, -0.2) is 0 Å². The molecule has 0 unspecified atom stereocenters. The first kappa shape index (κ1) is 21.3. The molecule has 0 saturated carbocycles. The van der Waals surface area contributed by atoms with Crippen molar-refractivity contribution in [2.24, 2.45) is 11.8 Å². The highest BCUT2D eigenvalue weighted by molar-refractivity contribution is 6.08. The summed E-state index contributed by atoms with van der Waals surface area (Å²) in [6.07, 6.45) is 2.14. The number of nitrogens with zero attached hydrogens (tertiary/aromatic N) is 1. The molecule has 2 saturated heterocycles. The first-order chi connectivity index (χ1) is 13.7. The van der Waals surface area contributed by atoms with Gasteiger partial charge >= 0.3 is 0 Å². The molecule has 154 valence electrons. The molecule has 0 aromatic heterocycles. The van der Waals surface area contributed by atoms with E-state index in [2.05, 4.69) is 5.32 Å². The maximum atomic E-state index is 12.5. The Bertz CT molecular complexity index is 812. The summed E-state index contributed by atoms with van der Waals surface area (Å²) in [7, 11) is 0. The molecule has 2 aliphatic rings. The quantitative estimate of drug-likeness (QED) is 0.763. The van der Waals surface area contributed by atoms with Crippen LogP contribution in [0.2, 0.25) is 0 Å². The van der Waals surface area contributed by atoms with Gasteiger partial charge in [0.15, 0.2) is 12.4 Å². The second-order valence-electron chi connectivity index (χ2n) is 7.64. The van der Waals surface area contributed by atoms with E-state index in [9.17, 15) is 9.59 Å². The molecule has 2 atom stereocenters. The van der Waals surface area contributed by atoms with Crippen LogP contribution in [0, 0.1) is 11.8 Å². The number of hydrogen-bond donors (Lipinski definition) is 1. The first-order valence-electron chi connectivity index (χ1n) is 10.0. The van der Waals surface area contributed by atoms with Crippen molar-refractivity contribution < 1.29 is 14.3 Å². The van der Waals surface area contributed by atoms with Gasteiger partial charge in [-0.1, -0.05) is 30.3 Å². The zero-order valence-corrected chi connectivity index (χ0v) is 17.2. The number of ether oxygens (including phenoxy) is 1. The van der Waals surface area contributed by atoms with Crippen LogP contribution in [-0.4, -0.2) is 49.4 Å². The van der Waals surface area contributed by atoms with Crippen LogP contribution >= 0.6 is 12.4 Å².